The Bertz CT molecular complexity index is 680. The fraction of sp³-hybridized carbons (Fsp3) is 0.250. The number of rotatable bonds is 8. The summed E-state index contributed by atoms with van der Waals surface area (Å²) in [6, 6.07) is 32.5. The molecule has 0 heterocycles. The maximum Gasteiger partial charge on any atom is -0.00713 e. The molecule has 1 atom stereocenters. The molecule has 0 aliphatic rings. The highest BCUT2D eigenvalue weighted by Gasteiger charge is 2.23. The molecule has 25 heavy (non-hydrogen) atoms. The van der Waals surface area contributed by atoms with Crippen molar-refractivity contribution in [2.45, 2.75) is 25.2 Å². The van der Waals surface area contributed by atoms with Crippen LogP contribution in [-0.4, -0.2) is 6.54 Å². The zero-order valence-corrected chi connectivity index (χ0v) is 14.7. The Morgan fingerprint density at radius 3 is 1.48 bits per heavy atom. The van der Waals surface area contributed by atoms with E-state index in [1.54, 1.807) is 0 Å². The molecule has 1 nitrogen and oxygen atoms in total. The van der Waals surface area contributed by atoms with Crippen LogP contribution in [-0.2, 0) is 12.8 Å². The molecule has 2 N–H and O–H groups in total. The van der Waals surface area contributed by atoms with Crippen molar-refractivity contribution in [3.63, 3.8) is 0 Å². The van der Waals surface area contributed by atoms with Gasteiger partial charge in [-0.2, -0.15) is 0 Å². The number of hydrogen-bond donors (Lipinski definition) is 1. The van der Waals surface area contributed by atoms with Crippen molar-refractivity contribution in [3.8, 4) is 0 Å². The van der Waals surface area contributed by atoms with Gasteiger partial charge in [0, 0.05) is 0 Å². The standard InChI is InChI=1S/C24H27N/c25-17-16-24(22-14-8-3-9-15-22)23(18-20-10-4-1-5-11-20)19-21-12-6-2-7-13-21/h1-15,23-24H,16-19,25H2. The summed E-state index contributed by atoms with van der Waals surface area (Å²) in [5.41, 5.74) is 10.2. The van der Waals surface area contributed by atoms with E-state index in [9.17, 15) is 0 Å². The van der Waals surface area contributed by atoms with Crippen LogP contribution >= 0.6 is 0 Å². The van der Waals surface area contributed by atoms with E-state index in [1.807, 2.05) is 0 Å². The number of hydrogen-bond acceptors (Lipinski definition) is 1. The lowest BCUT2D eigenvalue weighted by Gasteiger charge is -2.28. The fourth-order valence-electron chi connectivity index (χ4n) is 3.74. The summed E-state index contributed by atoms with van der Waals surface area (Å²) in [5.74, 6) is 1.02. The van der Waals surface area contributed by atoms with Crippen molar-refractivity contribution in [3.05, 3.63) is 108 Å². The van der Waals surface area contributed by atoms with Gasteiger partial charge in [-0.3, -0.25) is 0 Å². The first-order valence-electron chi connectivity index (χ1n) is 9.19. The van der Waals surface area contributed by atoms with Gasteiger partial charge in [0.2, 0.25) is 0 Å². The first-order chi connectivity index (χ1) is 12.4. The first-order valence-corrected chi connectivity index (χ1v) is 9.19. The third-order valence-electron chi connectivity index (χ3n) is 4.96. The summed E-state index contributed by atoms with van der Waals surface area (Å²) < 4.78 is 0. The molecule has 0 aliphatic carbocycles. The molecule has 3 aromatic rings. The molecular formula is C24H27N. The molecule has 0 aliphatic heterocycles. The SMILES string of the molecule is NCCC(c1ccccc1)C(Cc1ccccc1)Cc1ccccc1. The zero-order chi connectivity index (χ0) is 17.3. The lowest BCUT2D eigenvalue weighted by atomic mass is 9.77. The smallest absolute Gasteiger partial charge is 0.00713 e. The summed E-state index contributed by atoms with van der Waals surface area (Å²) in [6.45, 7) is 0.722. The van der Waals surface area contributed by atoms with Gasteiger partial charge in [-0.15, -0.1) is 0 Å². The lowest BCUT2D eigenvalue weighted by molar-refractivity contribution is 0.399. The highest BCUT2D eigenvalue weighted by molar-refractivity contribution is 5.25. The van der Waals surface area contributed by atoms with E-state index in [1.165, 1.54) is 16.7 Å². The molecule has 0 spiro atoms. The monoisotopic (exact) mass is 329 g/mol. The van der Waals surface area contributed by atoms with Gasteiger partial charge in [-0.25, -0.2) is 0 Å². The molecule has 128 valence electrons. The summed E-state index contributed by atoms with van der Waals surface area (Å²) >= 11 is 0. The minimum absolute atomic E-state index is 0.478. The minimum Gasteiger partial charge on any atom is -0.330 e. The molecule has 0 fully saturated rings. The maximum absolute atomic E-state index is 5.99. The average Bonchev–Trinajstić information content (AvgIpc) is 2.68. The van der Waals surface area contributed by atoms with Crippen LogP contribution in [0, 0.1) is 5.92 Å². The van der Waals surface area contributed by atoms with Gasteiger partial charge < -0.3 is 5.73 Å². The van der Waals surface area contributed by atoms with Crippen LogP contribution in [0.1, 0.15) is 29.0 Å². The van der Waals surface area contributed by atoms with E-state index in [0.717, 1.165) is 25.8 Å². The van der Waals surface area contributed by atoms with E-state index < -0.39 is 0 Å². The van der Waals surface area contributed by atoms with Crippen molar-refractivity contribution in [2.24, 2.45) is 11.7 Å². The first kappa shape index (κ1) is 17.4. The maximum atomic E-state index is 5.99. The van der Waals surface area contributed by atoms with E-state index in [-0.39, 0.29) is 0 Å². The molecule has 3 aromatic carbocycles. The van der Waals surface area contributed by atoms with Crippen molar-refractivity contribution >= 4 is 0 Å². The number of benzene rings is 3. The molecule has 0 saturated carbocycles. The van der Waals surface area contributed by atoms with Gasteiger partial charge in [0.25, 0.3) is 0 Å². The Kier molecular flexibility index (Phi) is 6.42. The van der Waals surface area contributed by atoms with Gasteiger partial charge in [0.1, 0.15) is 0 Å². The molecule has 1 heteroatoms. The van der Waals surface area contributed by atoms with Crippen molar-refractivity contribution in [1.82, 2.24) is 0 Å². The molecule has 0 amide bonds. The van der Waals surface area contributed by atoms with E-state index in [0.29, 0.717) is 11.8 Å². The topological polar surface area (TPSA) is 26.0 Å². The van der Waals surface area contributed by atoms with Gasteiger partial charge >= 0.3 is 0 Å². The van der Waals surface area contributed by atoms with E-state index >= 15 is 0 Å². The second-order valence-electron chi connectivity index (χ2n) is 6.73. The molecule has 0 saturated heterocycles. The van der Waals surface area contributed by atoms with Crippen LogP contribution in [0.25, 0.3) is 0 Å². The van der Waals surface area contributed by atoms with Crippen LogP contribution in [0.4, 0.5) is 0 Å². The Morgan fingerprint density at radius 1 is 0.600 bits per heavy atom. The third-order valence-corrected chi connectivity index (χ3v) is 4.96. The van der Waals surface area contributed by atoms with Gasteiger partial charge in [0.15, 0.2) is 0 Å². The quantitative estimate of drug-likeness (QED) is 0.602. The Labute approximate surface area is 151 Å². The van der Waals surface area contributed by atoms with Gasteiger partial charge in [0.05, 0.1) is 0 Å². The highest BCUT2D eigenvalue weighted by Crippen LogP contribution is 2.33. The van der Waals surface area contributed by atoms with Crippen LogP contribution in [0.2, 0.25) is 0 Å². The second-order valence-corrected chi connectivity index (χ2v) is 6.73. The van der Waals surface area contributed by atoms with Crippen LogP contribution < -0.4 is 5.73 Å². The molecule has 0 aromatic heterocycles. The van der Waals surface area contributed by atoms with E-state index in [2.05, 4.69) is 91.0 Å². The largest absolute Gasteiger partial charge is 0.330 e. The van der Waals surface area contributed by atoms with Crippen molar-refractivity contribution in [1.29, 1.82) is 0 Å². The Balaban J connectivity index is 1.89. The number of nitrogens with two attached hydrogens (primary N) is 1. The molecule has 0 bridgehead atoms. The molecule has 0 radical (unpaired) electrons. The van der Waals surface area contributed by atoms with Crippen LogP contribution in [0.15, 0.2) is 91.0 Å². The summed E-state index contributed by atoms with van der Waals surface area (Å²) in [7, 11) is 0. The second kappa shape index (κ2) is 9.19. The predicted molar refractivity (Wildman–Crippen MR) is 107 cm³/mol. The minimum atomic E-state index is 0.478. The Morgan fingerprint density at radius 2 is 1.04 bits per heavy atom. The van der Waals surface area contributed by atoms with Crippen molar-refractivity contribution in [2.75, 3.05) is 6.54 Å². The molecule has 1 unspecified atom stereocenters. The van der Waals surface area contributed by atoms with Gasteiger partial charge in [-0.1, -0.05) is 91.0 Å². The zero-order valence-electron chi connectivity index (χ0n) is 14.7. The summed E-state index contributed by atoms with van der Waals surface area (Å²) in [4.78, 5) is 0. The van der Waals surface area contributed by atoms with E-state index in [4.69, 9.17) is 5.73 Å². The Hall–Kier alpha value is -2.38. The summed E-state index contributed by atoms with van der Waals surface area (Å²) in [6.07, 6.45) is 3.18. The average molecular weight is 329 g/mol. The molecular weight excluding hydrogens is 302 g/mol. The fourth-order valence-corrected chi connectivity index (χ4v) is 3.74. The van der Waals surface area contributed by atoms with Crippen LogP contribution in [0.3, 0.4) is 0 Å². The van der Waals surface area contributed by atoms with Gasteiger partial charge in [-0.05, 0) is 54.3 Å². The highest BCUT2D eigenvalue weighted by atomic mass is 14.5. The molecule has 3 rings (SSSR count). The normalized spacial score (nSPS) is 12.2. The third kappa shape index (κ3) is 5.04. The summed E-state index contributed by atoms with van der Waals surface area (Å²) in [5, 5.41) is 0. The van der Waals surface area contributed by atoms with Crippen molar-refractivity contribution < 1.29 is 0 Å². The lowest BCUT2D eigenvalue weighted by Crippen LogP contribution is -2.21. The predicted octanol–water partition coefficient (Wildman–Crippen LogP) is 5.22. The van der Waals surface area contributed by atoms with Crippen LogP contribution in [0.5, 0.6) is 0 Å².